The van der Waals surface area contributed by atoms with Crippen molar-refractivity contribution in [2.24, 2.45) is 0 Å². The highest BCUT2D eigenvalue weighted by Gasteiger charge is 2.37. The molecule has 5 heteroatoms. The van der Waals surface area contributed by atoms with E-state index in [0.29, 0.717) is 13.0 Å². The number of carbonyl (C=O) groups excluding carboxylic acids is 1. The maximum absolute atomic E-state index is 11.6. The van der Waals surface area contributed by atoms with Crippen molar-refractivity contribution in [1.29, 1.82) is 0 Å². The van der Waals surface area contributed by atoms with E-state index in [1.165, 1.54) is 49.8 Å². The Morgan fingerprint density at radius 3 is 2.19 bits per heavy atom. The zero-order valence-electron chi connectivity index (χ0n) is 13.4. The Balaban J connectivity index is 1.83. The van der Waals surface area contributed by atoms with E-state index in [4.69, 9.17) is 5.11 Å². The zero-order chi connectivity index (χ0) is 15.5. The number of unbranched alkanes of at least 4 members (excludes halogenated alkanes) is 8. The van der Waals surface area contributed by atoms with Crippen LogP contribution in [-0.2, 0) is 4.79 Å². The number of hydrogen-bond donors (Lipinski definition) is 3. The minimum atomic E-state index is -0.757. The van der Waals surface area contributed by atoms with Crippen molar-refractivity contribution in [1.82, 2.24) is 10.2 Å². The largest absolute Gasteiger partial charge is 0.377 e. The Hall–Kier alpha value is -0.650. The van der Waals surface area contributed by atoms with E-state index < -0.39 is 12.5 Å². The minimum absolute atomic E-state index is 0.00617. The number of nitrogens with one attached hydrogen (secondary N) is 1. The summed E-state index contributed by atoms with van der Waals surface area (Å²) >= 11 is 0. The first kappa shape index (κ1) is 18.4. The second-order valence-electron chi connectivity index (χ2n) is 6.04. The molecule has 1 aliphatic rings. The average Bonchev–Trinajstić information content (AvgIpc) is 3.20. The lowest BCUT2D eigenvalue weighted by atomic mass is 10.1. The van der Waals surface area contributed by atoms with Gasteiger partial charge in [-0.3, -0.25) is 4.79 Å². The summed E-state index contributed by atoms with van der Waals surface area (Å²) in [5, 5.41) is 21.4. The average molecular weight is 300 g/mol. The van der Waals surface area contributed by atoms with Crippen molar-refractivity contribution in [2.45, 2.75) is 83.6 Å². The van der Waals surface area contributed by atoms with E-state index in [-0.39, 0.29) is 12.5 Å². The van der Waals surface area contributed by atoms with E-state index in [0.717, 1.165) is 12.8 Å². The SMILES string of the molecule is CCCCCCCCCCCC(=O)NCC(O)N1CC1O. The number of nitrogens with zero attached hydrogens (tertiary/aromatic N) is 1. The second kappa shape index (κ2) is 11.0. The van der Waals surface area contributed by atoms with Crippen LogP contribution in [0, 0.1) is 0 Å². The van der Waals surface area contributed by atoms with Crippen LogP contribution in [0.4, 0.5) is 0 Å². The summed E-state index contributed by atoms with van der Waals surface area (Å²) in [7, 11) is 0. The Morgan fingerprint density at radius 2 is 1.67 bits per heavy atom. The van der Waals surface area contributed by atoms with E-state index >= 15 is 0 Å². The quantitative estimate of drug-likeness (QED) is 0.359. The molecule has 1 aliphatic heterocycles. The number of hydrogen-bond acceptors (Lipinski definition) is 4. The number of rotatable bonds is 13. The van der Waals surface area contributed by atoms with Gasteiger partial charge in [0.2, 0.25) is 5.91 Å². The highest BCUT2D eigenvalue weighted by molar-refractivity contribution is 5.75. The maximum Gasteiger partial charge on any atom is 0.220 e. The molecule has 5 nitrogen and oxygen atoms in total. The van der Waals surface area contributed by atoms with Crippen molar-refractivity contribution in [3.8, 4) is 0 Å². The van der Waals surface area contributed by atoms with Crippen LogP contribution in [0.3, 0.4) is 0 Å². The van der Waals surface area contributed by atoms with Gasteiger partial charge in [0, 0.05) is 13.0 Å². The number of aliphatic hydroxyl groups is 2. The zero-order valence-corrected chi connectivity index (χ0v) is 13.4. The molecular weight excluding hydrogens is 268 g/mol. The molecule has 1 saturated heterocycles. The first-order valence-electron chi connectivity index (χ1n) is 8.53. The molecule has 3 atom stereocenters. The fourth-order valence-corrected chi connectivity index (χ4v) is 2.47. The van der Waals surface area contributed by atoms with E-state index in [1.807, 2.05) is 0 Å². The molecule has 0 aliphatic carbocycles. The predicted molar refractivity (Wildman–Crippen MR) is 83.6 cm³/mol. The summed E-state index contributed by atoms with van der Waals surface area (Å²) in [6, 6.07) is 0. The van der Waals surface area contributed by atoms with Crippen molar-refractivity contribution in [3.63, 3.8) is 0 Å². The third-order valence-electron chi connectivity index (χ3n) is 4.00. The lowest BCUT2D eigenvalue weighted by Crippen LogP contribution is -2.36. The first-order valence-corrected chi connectivity index (χ1v) is 8.53. The smallest absolute Gasteiger partial charge is 0.220 e. The molecule has 0 aromatic carbocycles. The molecule has 0 aromatic rings. The van der Waals surface area contributed by atoms with Crippen molar-refractivity contribution >= 4 is 5.91 Å². The molecule has 3 N–H and O–H groups in total. The van der Waals surface area contributed by atoms with Gasteiger partial charge in [-0.25, -0.2) is 4.90 Å². The van der Waals surface area contributed by atoms with Crippen LogP contribution >= 0.6 is 0 Å². The van der Waals surface area contributed by atoms with E-state index in [2.05, 4.69) is 12.2 Å². The van der Waals surface area contributed by atoms with Crippen LogP contribution in [0.2, 0.25) is 0 Å². The highest BCUT2D eigenvalue weighted by Crippen LogP contribution is 2.16. The van der Waals surface area contributed by atoms with Crippen LogP contribution in [-0.4, -0.2) is 46.6 Å². The summed E-state index contributed by atoms with van der Waals surface area (Å²) in [5.41, 5.74) is 0. The highest BCUT2D eigenvalue weighted by atomic mass is 16.3. The van der Waals surface area contributed by atoms with Crippen LogP contribution in [0.5, 0.6) is 0 Å². The van der Waals surface area contributed by atoms with Gasteiger partial charge < -0.3 is 15.5 Å². The molecule has 0 saturated carbocycles. The molecule has 0 radical (unpaired) electrons. The fraction of sp³-hybridized carbons (Fsp3) is 0.938. The minimum Gasteiger partial charge on any atom is -0.377 e. The third-order valence-corrected chi connectivity index (χ3v) is 4.00. The molecule has 124 valence electrons. The molecule has 1 rings (SSSR count). The van der Waals surface area contributed by atoms with Gasteiger partial charge in [0.1, 0.15) is 12.5 Å². The molecule has 1 fully saturated rings. The molecule has 0 spiro atoms. The monoisotopic (exact) mass is 300 g/mol. The molecular formula is C16H32N2O3. The maximum atomic E-state index is 11.6. The Kier molecular flexibility index (Phi) is 9.63. The van der Waals surface area contributed by atoms with Gasteiger partial charge in [-0.1, -0.05) is 58.3 Å². The lowest BCUT2D eigenvalue weighted by molar-refractivity contribution is -0.122. The van der Waals surface area contributed by atoms with E-state index in [9.17, 15) is 9.90 Å². The Morgan fingerprint density at radius 1 is 1.14 bits per heavy atom. The van der Waals surface area contributed by atoms with Gasteiger partial charge >= 0.3 is 0 Å². The normalized spacial score (nSPS) is 22.0. The van der Waals surface area contributed by atoms with Gasteiger partial charge in [0.25, 0.3) is 0 Å². The topological polar surface area (TPSA) is 72.6 Å². The molecule has 1 heterocycles. The molecule has 21 heavy (non-hydrogen) atoms. The summed E-state index contributed by atoms with van der Waals surface area (Å²) in [4.78, 5) is 13.1. The summed E-state index contributed by atoms with van der Waals surface area (Å²) in [5.74, 6) is -0.00617. The predicted octanol–water partition coefficient (Wildman–Crippen LogP) is 1.98. The lowest BCUT2D eigenvalue weighted by Gasteiger charge is -2.12. The van der Waals surface area contributed by atoms with Gasteiger partial charge in [-0.05, 0) is 6.42 Å². The summed E-state index contributed by atoms with van der Waals surface area (Å²) in [6.07, 6.45) is 10.4. The summed E-state index contributed by atoms with van der Waals surface area (Å²) in [6.45, 7) is 2.93. The van der Waals surface area contributed by atoms with Crippen LogP contribution in [0.15, 0.2) is 0 Å². The molecule has 1 amide bonds. The number of carbonyl (C=O) groups is 1. The standard InChI is InChI=1S/C16H32N2O3/c1-2-3-4-5-6-7-8-9-10-11-14(19)17-12-15(20)18-13-16(18)21/h15-16,20-21H,2-13H2,1H3,(H,17,19). The third kappa shape index (κ3) is 9.06. The number of amides is 1. The van der Waals surface area contributed by atoms with Gasteiger partial charge in [0.05, 0.1) is 6.54 Å². The Bertz CT molecular complexity index is 287. The van der Waals surface area contributed by atoms with Crippen molar-refractivity contribution in [2.75, 3.05) is 13.1 Å². The number of aliphatic hydroxyl groups excluding tert-OH is 2. The molecule has 0 aromatic heterocycles. The summed E-state index contributed by atoms with van der Waals surface area (Å²) < 4.78 is 0. The van der Waals surface area contributed by atoms with Crippen LogP contribution in [0.1, 0.15) is 71.1 Å². The fourth-order valence-electron chi connectivity index (χ4n) is 2.47. The second-order valence-corrected chi connectivity index (χ2v) is 6.04. The molecule has 0 bridgehead atoms. The Labute approximate surface area is 128 Å². The van der Waals surface area contributed by atoms with E-state index in [1.54, 1.807) is 0 Å². The molecule has 3 unspecified atom stereocenters. The van der Waals surface area contributed by atoms with Gasteiger partial charge in [-0.15, -0.1) is 0 Å². The first-order chi connectivity index (χ1) is 10.1. The van der Waals surface area contributed by atoms with Gasteiger partial charge in [0.15, 0.2) is 0 Å². The van der Waals surface area contributed by atoms with Crippen LogP contribution in [0.25, 0.3) is 0 Å². The van der Waals surface area contributed by atoms with Crippen molar-refractivity contribution < 1.29 is 15.0 Å². The van der Waals surface area contributed by atoms with Crippen molar-refractivity contribution in [3.05, 3.63) is 0 Å². The number of β-amino-alcohol motifs (C(OH)–C–C–N with tert-alkyl or cyclic N) is 1. The van der Waals surface area contributed by atoms with Crippen LogP contribution < -0.4 is 5.32 Å². The van der Waals surface area contributed by atoms with Gasteiger partial charge in [-0.2, -0.15) is 0 Å².